The van der Waals surface area contributed by atoms with E-state index in [9.17, 15) is 9.59 Å². The number of hydrogen-bond donors (Lipinski definition) is 1. The Morgan fingerprint density at radius 3 is 2.75 bits per heavy atom. The number of carboxylic acid groups (broad SMARTS) is 1. The highest BCUT2D eigenvalue weighted by Gasteiger charge is 2.37. The van der Waals surface area contributed by atoms with Crippen LogP contribution in [0.15, 0.2) is 40.9 Å². The molecule has 2 atom stereocenters. The first-order valence-electron chi connectivity index (χ1n) is 8.08. The van der Waals surface area contributed by atoms with Crippen LogP contribution in [0.1, 0.15) is 25.7 Å². The topological polar surface area (TPSA) is 83.6 Å². The summed E-state index contributed by atoms with van der Waals surface area (Å²) in [7, 11) is 0. The first-order valence-corrected chi connectivity index (χ1v) is 8.08. The van der Waals surface area contributed by atoms with Gasteiger partial charge in [0.05, 0.1) is 12.1 Å². The number of nitrogens with zero attached hydrogens (tertiary/aromatic N) is 2. The van der Waals surface area contributed by atoms with Gasteiger partial charge in [0.2, 0.25) is 5.91 Å². The van der Waals surface area contributed by atoms with Crippen LogP contribution in [0, 0.1) is 5.92 Å². The number of oxazole rings is 1. The lowest BCUT2D eigenvalue weighted by Crippen LogP contribution is -2.37. The maximum Gasteiger partial charge on any atom is 0.308 e. The van der Waals surface area contributed by atoms with Gasteiger partial charge in [0.1, 0.15) is 0 Å². The fourth-order valence-corrected chi connectivity index (χ4v) is 3.14. The normalized spacial score (nSPS) is 20.3. The quantitative estimate of drug-likeness (QED) is 0.912. The minimum Gasteiger partial charge on any atom is -0.481 e. The molecule has 1 aliphatic rings. The molecule has 1 fully saturated rings. The van der Waals surface area contributed by atoms with Gasteiger partial charge in [0.25, 0.3) is 0 Å². The summed E-state index contributed by atoms with van der Waals surface area (Å²) in [5.74, 6) is -0.161. The summed E-state index contributed by atoms with van der Waals surface area (Å²) >= 11 is 0. The molecule has 2 aromatic rings. The van der Waals surface area contributed by atoms with Gasteiger partial charge in [-0.1, -0.05) is 30.3 Å². The van der Waals surface area contributed by atoms with Crippen LogP contribution in [-0.4, -0.2) is 39.5 Å². The van der Waals surface area contributed by atoms with Gasteiger partial charge in [-0.2, -0.15) is 0 Å². The second kappa shape index (κ2) is 6.86. The van der Waals surface area contributed by atoms with Crippen LogP contribution in [0.25, 0.3) is 11.3 Å². The first kappa shape index (κ1) is 16.2. The zero-order valence-electron chi connectivity index (χ0n) is 13.5. The Morgan fingerprint density at radius 1 is 1.33 bits per heavy atom. The summed E-state index contributed by atoms with van der Waals surface area (Å²) in [6.45, 7) is 2.29. The van der Waals surface area contributed by atoms with Gasteiger partial charge < -0.3 is 14.4 Å². The molecule has 0 spiro atoms. The number of carbonyl (C=O) groups is 2. The Bertz CT molecular complexity index is 726. The van der Waals surface area contributed by atoms with Gasteiger partial charge >= 0.3 is 5.97 Å². The summed E-state index contributed by atoms with van der Waals surface area (Å²) in [4.78, 5) is 29.3. The number of benzene rings is 1. The van der Waals surface area contributed by atoms with Crippen LogP contribution in [0.4, 0.5) is 0 Å². The van der Waals surface area contributed by atoms with E-state index in [0.29, 0.717) is 31.0 Å². The Balaban J connectivity index is 1.58. The van der Waals surface area contributed by atoms with E-state index in [2.05, 4.69) is 4.98 Å². The number of aryl methyl sites for hydroxylation is 1. The van der Waals surface area contributed by atoms with Crippen LogP contribution in [0.5, 0.6) is 0 Å². The molecule has 0 aliphatic carbocycles. The van der Waals surface area contributed by atoms with Crippen molar-refractivity contribution in [3.8, 4) is 11.3 Å². The van der Waals surface area contributed by atoms with Crippen LogP contribution in [0.3, 0.4) is 0 Å². The smallest absolute Gasteiger partial charge is 0.308 e. The van der Waals surface area contributed by atoms with Gasteiger partial charge in [-0.15, -0.1) is 0 Å². The van der Waals surface area contributed by atoms with Crippen molar-refractivity contribution in [1.82, 2.24) is 9.88 Å². The van der Waals surface area contributed by atoms with E-state index >= 15 is 0 Å². The van der Waals surface area contributed by atoms with Crippen molar-refractivity contribution < 1.29 is 19.1 Å². The van der Waals surface area contributed by atoms with Gasteiger partial charge in [-0.25, -0.2) is 4.98 Å². The third-order valence-electron chi connectivity index (χ3n) is 4.56. The molecule has 0 saturated carbocycles. The number of amides is 1. The fraction of sp³-hybridized carbons (Fsp3) is 0.389. The third kappa shape index (κ3) is 3.32. The number of carbonyl (C=O) groups excluding carboxylic acids is 1. The number of carboxylic acids is 1. The standard InChI is InChI=1S/C18H20N2O4/c1-12-14(18(22)23)9-10-20(12)17(21)8-7-16-19-11-15(24-16)13-5-3-2-4-6-13/h2-6,11-12,14H,7-10H2,1H3,(H,22,23). The molecule has 2 heterocycles. The second-order valence-corrected chi connectivity index (χ2v) is 6.05. The molecular weight excluding hydrogens is 308 g/mol. The van der Waals surface area contributed by atoms with Crippen LogP contribution >= 0.6 is 0 Å². The molecule has 1 saturated heterocycles. The Hall–Kier alpha value is -2.63. The highest BCUT2D eigenvalue weighted by atomic mass is 16.4. The molecule has 1 N–H and O–H groups in total. The van der Waals surface area contributed by atoms with Crippen molar-refractivity contribution in [1.29, 1.82) is 0 Å². The maximum absolute atomic E-state index is 12.3. The van der Waals surface area contributed by atoms with Crippen molar-refractivity contribution in [2.45, 2.75) is 32.2 Å². The summed E-state index contributed by atoms with van der Waals surface area (Å²) in [5, 5.41) is 9.14. The third-order valence-corrected chi connectivity index (χ3v) is 4.56. The molecule has 0 bridgehead atoms. The van der Waals surface area contributed by atoms with Crippen LogP contribution < -0.4 is 0 Å². The minimum absolute atomic E-state index is 0.0503. The van der Waals surface area contributed by atoms with Gasteiger partial charge in [0, 0.05) is 31.0 Å². The van der Waals surface area contributed by atoms with Crippen molar-refractivity contribution >= 4 is 11.9 Å². The Labute approximate surface area is 140 Å². The molecule has 1 aromatic carbocycles. The van der Waals surface area contributed by atoms with Gasteiger partial charge in [0.15, 0.2) is 11.7 Å². The Morgan fingerprint density at radius 2 is 2.08 bits per heavy atom. The molecule has 1 aromatic heterocycles. The molecule has 2 unspecified atom stereocenters. The van der Waals surface area contributed by atoms with Gasteiger partial charge in [-0.3, -0.25) is 9.59 Å². The average Bonchev–Trinajstić information content (AvgIpc) is 3.20. The largest absolute Gasteiger partial charge is 0.481 e. The molecule has 126 valence electrons. The number of likely N-dealkylation sites (tertiary alicyclic amines) is 1. The van der Waals surface area contributed by atoms with Crippen LogP contribution in [0.2, 0.25) is 0 Å². The molecule has 1 aliphatic heterocycles. The van der Waals surface area contributed by atoms with Crippen molar-refractivity contribution in [2.24, 2.45) is 5.92 Å². The van der Waals surface area contributed by atoms with E-state index in [0.717, 1.165) is 5.56 Å². The Kier molecular flexibility index (Phi) is 4.64. The highest BCUT2D eigenvalue weighted by Crippen LogP contribution is 2.25. The molecular formula is C18H20N2O4. The minimum atomic E-state index is -0.835. The zero-order chi connectivity index (χ0) is 17.1. The summed E-state index contributed by atoms with van der Waals surface area (Å²) in [5.41, 5.74) is 0.944. The number of rotatable bonds is 5. The predicted octanol–water partition coefficient (Wildman–Crippen LogP) is 2.60. The van der Waals surface area contributed by atoms with E-state index in [1.165, 1.54) is 0 Å². The molecule has 6 nitrogen and oxygen atoms in total. The molecule has 0 radical (unpaired) electrons. The lowest BCUT2D eigenvalue weighted by Gasteiger charge is -2.23. The van der Waals surface area contributed by atoms with Gasteiger partial charge in [-0.05, 0) is 13.3 Å². The molecule has 3 rings (SSSR count). The lowest BCUT2D eigenvalue weighted by atomic mass is 10.0. The molecule has 1 amide bonds. The van der Waals surface area contributed by atoms with E-state index in [-0.39, 0.29) is 18.4 Å². The summed E-state index contributed by atoms with van der Waals surface area (Å²) < 4.78 is 5.69. The predicted molar refractivity (Wildman–Crippen MR) is 87.2 cm³/mol. The lowest BCUT2D eigenvalue weighted by molar-refractivity contribution is -0.143. The summed E-state index contributed by atoms with van der Waals surface area (Å²) in [6.07, 6.45) is 2.85. The number of aromatic nitrogens is 1. The fourth-order valence-electron chi connectivity index (χ4n) is 3.14. The van der Waals surface area contributed by atoms with Crippen LogP contribution in [-0.2, 0) is 16.0 Å². The van der Waals surface area contributed by atoms with Crippen molar-refractivity contribution in [3.05, 3.63) is 42.4 Å². The second-order valence-electron chi connectivity index (χ2n) is 6.05. The SMILES string of the molecule is CC1C(C(=O)O)CCN1C(=O)CCc1ncc(-c2ccccc2)o1. The number of aliphatic carboxylic acids is 1. The van der Waals surface area contributed by atoms with E-state index in [1.807, 2.05) is 30.3 Å². The van der Waals surface area contributed by atoms with E-state index in [1.54, 1.807) is 18.0 Å². The highest BCUT2D eigenvalue weighted by molar-refractivity contribution is 5.79. The van der Waals surface area contributed by atoms with Crippen molar-refractivity contribution in [2.75, 3.05) is 6.54 Å². The van der Waals surface area contributed by atoms with Crippen molar-refractivity contribution in [3.63, 3.8) is 0 Å². The van der Waals surface area contributed by atoms with E-state index in [4.69, 9.17) is 9.52 Å². The monoisotopic (exact) mass is 328 g/mol. The van der Waals surface area contributed by atoms with E-state index < -0.39 is 11.9 Å². The first-order chi connectivity index (χ1) is 11.6. The average molecular weight is 328 g/mol. The molecule has 6 heteroatoms. The number of hydrogen-bond acceptors (Lipinski definition) is 4. The molecule has 24 heavy (non-hydrogen) atoms. The summed E-state index contributed by atoms with van der Waals surface area (Å²) in [6, 6.07) is 9.39. The maximum atomic E-state index is 12.3. The zero-order valence-corrected chi connectivity index (χ0v) is 13.5.